The van der Waals surface area contributed by atoms with Gasteiger partial charge in [-0.05, 0) is 66.4 Å². The number of amides is 1. The highest BCUT2D eigenvalue weighted by atomic mass is 32.2. The molecule has 1 unspecified atom stereocenters. The summed E-state index contributed by atoms with van der Waals surface area (Å²) < 4.78 is 33.3. The highest BCUT2D eigenvalue weighted by molar-refractivity contribution is 7.90. The standard InChI is InChI=1S/C30H36N4O5S/c1-32-16-18-33(19-17-32)22-24-8-11-26(12-9-24)27-5-4-6-28(21-27)40(36,37)34-15-14-25(23-34)10-13-29(35)31-39-30-7-2-3-20-38-30/h4-6,8-15,21,23,30H,2-3,7,16-20,22H2,1H3,(H,31,35)/b13-10+. The Labute approximate surface area is 236 Å². The molecule has 1 aromatic heterocycles. The van der Waals surface area contributed by atoms with E-state index in [-0.39, 0.29) is 4.90 Å². The van der Waals surface area contributed by atoms with Crippen LogP contribution in [0, 0.1) is 0 Å². The molecule has 3 aromatic rings. The van der Waals surface area contributed by atoms with E-state index in [0.717, 1.165) is 67.1 Å². The van der Waals surface area contributed by atoms with Crippen LogP contribution in [-0.2, 0) is 30.9 Å². The van der Waals surface area contributed by atoms with E-state index in [1.54, 1.807) is 24.3 Å². The Kier molecular flexibility index (Phi) is 9.13. The van der Waals surface area contributed by atoms with E-state index in [2.05, 4.69) is 34.5 Å². The number of nitrogens with zero attached hydrogens (tertiary/aromatic N) is 3. The van der Waals surface area contributed by atoms with Crippen LogP contribution in [0.4, 0.5) is 0 Å². The number of rotatable bonds is 9. The molecule has 2 aliphatic heterocycles. The number of benzene rings is 2. The zero-order valence-corrected chi connectivity index (χ0v) is 23.6. The Hall–Kier alpha value is -3.28. The van der Waals surface area contributed by atoms with E-state index in [0.29, 0.717) is 12.2 Å². The van der Waals surface area contributed by atoms with Gasteiger partial charge in [0, 0.05) is 64.2 Å². The normalized spacial score (nSPS) is 19.2. The molecule has 9 nitrogen and oxygen atoms in total. The smallest absolute Gasteiger partial charge is 0.267 e. The fourth-order valence-electron chi connectivity index (χ4n) is 4.80. The average molecular weight is 565 g/mol. The Morgan fingerprint density at radius 1 is 1.05 bits per heavy atom. The molecule has 0 saturated carbocycles. The number of piperazine rings is 1. The van der Waals surface area contributed by atoms with Gasteiger partial charge in [-0.3, -0.25) is 9.69 Å². The third-order valence-electron chi connectivity index (χ3n) is 7.25. The number of hydrogen-bond donors (Lipinski definition) is 1. The van der Waals surface area contributed by atoms with E-state index >= 15 is 0 Å². The zero-order valence-electron chi connectivity index (χ0n) is 22.7. The number of nitrogens with one attached hydrogen (secondary N) is 1. The molecular weight excluding hydrogens is 528 g/mol. The van der Waals surface area contributed by atoms with Crippen LogP contribution < -0.4 is 5.48 Å². The lowest BCUT2D eigenvalue weighted by Crippen LogP contribution is -2.43. The second-order valence-electron chi connectivity index (χ2n) is 10.3. The van der Waals surface area contributed by atoms with E-state index in [1.807, 2.05) is 18.2 Å². The molecule has 0 radical (unpaired) electrons. The predicted octanol–water partition coefficient (Wildman–Crippen LogP) is 3.73. The van der Waals surface area contributed by atoms with Gasteiger partial charge in [0.25, 0.3) is 15.9 Å². The number of carbonyl (C=O) groups excluding carboxylic acids is 1. The van der Waals surface area contributed by atoms with Gasteiger partial charge in [-0.2, -0.15) is 0 Å². The molecule has 40 heavy (non-hydrogen) atoms. The first kappa shape index (κ1) is 28.3. The minimum atomic E-state index is -3.81. The summed E-state index contributed by atoms with van der Waals surface area (Å²) in [6, 6.07) is 16.9. The van der Waals surface area contributed by atoms with Gasteiger partial charge >= 0.3 is 0 Å². The highest BCUT2D eigenvalue weighted by Gasteiger charge is 2.18. The molecule has 2 aromatic carbocycles. The minimum Gasteiger partial charge on any atom is -0.350 e. The third-order valence-corrected chi connectivity index (χ3v) is 8.88. The van der Waals surface area contributed by atoms with Crippen LogP contribution in [0.2, 0.25) is 0 Å². The summed E-state index contributed by atoms with van der Waals surface area (Å²) in [6.07, 6.45) is 8.05. The average Bonchev–Trinajstić information content (AvgIpc) is 3.47. The largest absolute Gasteiger partial charge is 0.350 e. The molecule has 10 heteroatoms. The minimum absolute atomic E-state index is 0.191. The van der Waals surface area contributed by atoms with Gasteiger partial charge in [0.1, 0.15) is 0 Å². The van der Waals surface area contributed by atoms with Crippen molar-refractivity contribution in [2.24, 2.45) is 0 Å². The fraction of sp³-hybridized carbons (Fsp3) is 0.367. The lowest BCUT2D eigenvalue weighted by molar-refractivity contribution is -0.198. The van der Waals surface area contributed by atoms with Crippen molar-refractivity contribution in [3.05, 3.63) is 84.2 Å². The van der Waals surface area contributed by atoms with E-state index in [1.165, 1.54) is 30.1 Å². The van der Waals surface area contributed by atoms with Gasteiger partial charge in [-0.15, -0.1) is 0 Å². The van der Waals surface area contributed by atoms with E-state index in [9.17, 15) is 13.2 Å². The molecule has 1 atom stereocenters. The van der Waals surface area contributed by atoms with Gasteiger partial charge in [-0.1, -0.05) is 36.4 Å². The first-order valence-corrected chi connectivity index (χ1v) is 15.1. The Morgan fingerprint density at radius 3 is 2.60 bits per heavy atom. The van der Waals surface area contributed by atoms with Crippen LogP contribution >= 0.6 is 0 Å². The number of ether oxygens (including phenoxy) is 1. The van der Waals surface area contributed by atoms with Crippen molar-refractivity contribution < 1.29 is 22.8 Å². The maximum absolute atomic E-state index is 13.4. The van der Waals surface area contributed by atoms with Crippen LogP contribution in [0.25, 0.3) is 17.2 Å². The molecule has 3 heterocycles. The van der Waals surface area contributed by atoms with Crippen LogP contribution in [0.3, 0.4) is 0 Å². The van der Waals surface area contributed by atoms with Gasteiger partial charge in [0.15, 0.2) is 6.29 Å². The second kappa shape index (κ2) is 12.9. The van der Waals surface area contributed by atoms with E-state index in [4.69, 9.17) is 9.57 Å². The molecule has 0 aliphatic carbocycles. The summed E-state index contributed by atoms with van der Waals surface area (Å²) >= 11 is 0. The van der Waals surface area contributed by atoms with E-state index < -0.39 is 22.2 Å². The van der Waals surface area contributed by atoms with Crippen molar-refractivity contribution in [2.45, 2.75) is 37.0 Å². The van der Waals surface area contributed by atoms with Gasteiger partial charge in [-0.25, -0.2) is 22.7 Å². The summed E-state index contributed by atoms with van der Waals surface area (Å²) in [4.78, 5) is 22.3. The molecule has 2 saturated heterocycles. The van der Waals surface area contributed by atoms with Crippen LogP contribution in [-0.4, -0.2) is 74.2 Å². The molecule has 0 bridgehead atoms. The number of likely N-dealkylation sites (N-methyl/N-ethyl adjacent to an activating group) is 1. The van der Waals surface area contributed by atoms with Crippen molar-refractivity contribution in [3.63, 3.8) is 0 Å². The zero-order chi connectivity index (χ0) is 28.0. The highest BCUT2D eigenvalue weighted by Crippen LogP contribution is 2.25. The van der Waals surface area contributed by atoms with Crippen molar-refractivity contribution in [2.75, 3.05) is 39.8 Å². The fourth-order valence-corrected chi connectivity index (χ4v) is 6.05. The van der Waals surface area contributed by atoms with Crippen molar-refractivity contribution in [1.82, 2.24) is 19.3 Å². The quantitative estimate of drug-likeness (QED) is 0.313. The maximum atomic E-state index is 13.4. The number of hydrogen-bond acceptors (Lipinski definition) is 7. The second-order valence-corrected chi connectivity index (χ2v) is 12.1. The molecular formula is C30H36N4O5S. The first-order chi connectivity index (χ1) is 19.4. The Balaban J connectivity index is 1.21. The molecule has 2 fully saturated rings. The lowest BCUT2D eigenvalue weighted by atomic mass is 10.0. The predicted molar refractivity (Wildman–Crippen MR) is 154 cm³/mol. The number of carbonyl (C=O) groups is 1. The molecule has 2 aliphatic rings. The molecule has 5 rings (SSSR count). The summed E-state index contributed by atoms with van der Waals surface area (Å²) in [7, 11) is -1.66. The third kappa shape index (κ3) is 7.26. The van der Waals surface area contributed by atoms with Crippen LogP contribution in [0.5, 0.6) is 0 Å². The SMILES string of the molecule is CN1CCN(Cc2ccc(-c3cccc(S(=O)(=O)n4ccc(/C=C/C(=O)NOC5CCCCO5)c4)c3)cc2)CC1. The van der Waals surface area contributed by atoms with Gasteiger partial charge < -0.3 is 9.64 Å². The Bertz CT molecular complexity index is 1420. The topological polar surface area (TPSA) is 93.1 Å². The Morgan fingerprint density at radius 2 is 1.85 bits per heavy atom. The molecule has 212 valence electrons. The molecule has 1 N–H and O–H groups in total. The van der Waals surface area contributed by atoms with Crippen LogP contribution in [0.1, 0.15) is 30.4 Å². The number of hydroxylamine groups is 1. The lowest BCUT2D eigenvalue weighted by Gasteiger charge is -2.32. The van der Waals surface area contributed by atoms with Crippen molar-refractivity contribution in [1.29, 1.82) is 0 Å². The van der Waals surface area contributed by atoms with Crippen molar-refractivity contribution >= 4 is 22.0 Å². The molecule has 1 amide bonds. The van der Waals surface area contributed by atoms with Crippen molar-refractivity contribution in [3.8, 4) is 11.1 Å². The van der Waals surface area contributed by atoms with Gasteiger partial charge in [0.2, 0.25) is 0 Å². The summed E-state index contributed by atoms with van der Waals surface area (Å²) in [5.74, 6) is -0.452. The summed E-state index contributed by atoms with van der Waals surface area (Å²) in [5, 5.41) is 0. The monoisotopic (exact) mass is 564 g/mol. The van der Waals surface area contributed by atoms with Gasteiger partial charge in [0.05, 0.1) is 4.90 Å². The molecule has 0 spiro atoms. The maximum Gasteiger partial charge on any atom is 0.267 e. The number of aromatic nitrogens is 1. The summed E-state index contributed by atoms with van der Waals surface area (Å²) in [6.45, 7) is 5.82. The first-order valence-electron chi connectivity index (χ1n) is 13.7. The van der Waals surface area contributed by atoms with Crippen LogP contribution in [0.15, 0.2) is 78.0 Å². The summed E-state index contributed by atoms with van der Waals surface area (Å²) in [5.41, 5.74) is 5.96.